The smallest absolute Gasteiger partial charge is 0.0727 e. The summed E-state index contributed by atoms with van der Waals surface area (Å²) in [5, 5.41) is 1.12. The van der Waals surface area contributed by atoms with Crippen LogP contribution in [0.2, 0.25) is 0 Å². The van der Waals surface area contributed by atoms with Crippen molar-refractivity contribution in [2.24, 2.45) is 5.84 Å². The van der Waals surface area contributed by atoms with Crippen LogP contribution in [-0.4, -0.2) is 11.2 Å². The van der Waals surface area contributed by atoms with Gasteiger partial charge < -0.3 is 0 Å². The van der Waals surface area contributed by atoms with Crippen LogP contribution in [0.25, 0.3) is 10.9 Å². The predicted octanol–water partition coefficient (Wildman–Crippen LogP) is 3.51. The summed E-state index contributed by atoms with van der Waals surface area (Å²) in [5.41, 5.74) is 6.27. The highest BCUT2D eigenvalue weighted by atomic mass is 32.2. The molecular weight excluding hydrogens is 278 g/mol. The molecule has 0 amide bonds. The van der Waals surface area contributed by atoms with E-state index < -0.39 is 0 Å². The third-order valence-corrected chi connectivity index (χ3v) is 4.42. The van der Waals surface area contributed by atoms with Crippen LogP contribution in [0, 0.1) is 0 Å². The Morgan fingerprint density at radius 3 is 2.62 bits per heavy atom. The monoisotopic (exact) mass is 295 g/mol. The van der Waals surface area contributed by atoms with Gasteiger partial charge in [-0.15, -0.1) is 11.8 Å². The highest BCUT2D eigenvalue weighted by Gasteiger charge is 2.17. The normalized spacial score (nSPS) is 12.5. The maximum Gasteiger partial charge on any atom is 0.0727 e. The Kier molecular flexibility index (Phi) is 4.20. The van der Waals surface area contributed by atoms with Crippen molar-refractivity contribution < 1.29 is 0 Å². The van der Waals surface area contributed by atoms with E-state index in [-0.39, 0.29) is 6.04 Å². The highest BCUT2D eigenvalue weighted by Crippen LogP contribution is 2.32. The number of benzene rings is 2. The quantitative estimate of drug-likeness (QED) is 0.439. The first kappa shape index (κ1) is 14.1. The first-order valence-corrected chi connectivity index (χ1v) is 8.00. The Morgan fingerprint density at radius 1 is 1.00 bits per heavy atom. The largest absolute Gasteiger partial charge is 0.271 e. The molecule has 1 atom stereocenters. The van der Waals surface area contributed by atoms with E-state index in [2.05, 4.69) is 40.9 Å². The van der Waals surface area contributed by atoms with E-state index >= 15 is 0 Å². The van der Waals surface area contributed by atoms with Crippen molar-refractivity contribution in [1.82, 2.24) is 10.4 Å². The number of pyridine rings is 1. The molecular formula is C17H17N3S. The number of hydrogen-bond acceptors (Lipinski definition) is 4. The molecule has 1 aromatic heterocycles. The third kappa shape index (κ3) is 2.65. The van der Waals surface area contributed by atoms with Crippen LogP contribution in [0.1, 0.15) is 17.2 Å². The Labute approximate surface area is 128 Å². The van der Waals surface area contributed by atoms with Gasteiger partial charge >= 0.3 is 0 Å². The van der Waals surface area contributed by atoms with Gasteiger partial charge in [-0.2, -0.15) is 0 Å². The molecule has 3 N–H and O–H groups in total. The Morgan fingerprint density at radius 2 is 1.81 bits per heavy atom. The molecule has 0 fully saturated rings. The molecule has 3 rings (SSSR count). The Bertz CT molecular complexity index is 752. The lowest BCUT2D eigenvalue weighted by Gasteiger charge is -2.21. The molecule has 1 heterocycles. The number of fused-ring (bicyclic) bond motifs is 1. The molecule has 0 bridgehead atoms. The summed E-state index contributed by atoms with van der Waals surface area (Å²) in [6.45, 7) is 0. The van der Waals surface area contributed by atoms with Gasteiger partial charge in [0.05, 0.1) is 11.6 Å². The van der Waals surface area contributed by atoms with Crippen LogP contribution in [0.4, 0.5) is 0 Å². The van der Waals surface area contributed by atoms with Crippen LogP contribution in [0.3, 0.4) is 0 Å². The minimum Gasteiger partial charge on any atom is -0.271 e. The molecule has 0 aliphatic heterocycles. The molecule has 0 aliphatic carbocycles. The van der Waals surface area contributed by atoms with Crippen molar-refractivity contribution in [1.29, 1.82) is 0 Å². The van der Waals surface area contributed by atoms with Gasteiger partial charge in [0.15, 0.2) is 0 Å². The molecule has 1 unspecified atom stereocenters. The third-order valence-electron chi connectivity index (χ3n) is 3.61. The fourth-order valence-electron chi connectivity index (χ4n) is 2.63. The number of nitrogens with one attached hydrogen (secondary N) is 1. The minimum atomic E-state index is -0.0541. The van der Waals surface area contributed by atoms with Crippen molar-refractivity contribution in [3.05, 3.63) is 71.9 Å². The zero-order chi connectivity index (χ0) is 14.7. The molecule has 0 saturated heterocycles. The number of hydrazine groups is 1. The highest BCUT2D eigenvalue weighted by molar-refractivity contribution is 7.98. The SMILES string of the molecule is CSc1ccccc1C(NN)c1cccc2ncccc12. The van der Waals surface area contributed by atoms with E-state index in [9.17, 15) is 0 Å². The van der Waals surface area contributed by atoms with Crippen LogP contribution in [0.15, 0.2) is 65.7 Å². The molecule has 21 heavy (non-hydrogen) atoms. The summed E-state index contributed by atoms with van der Waals surface area (Å²) in [4.78, 5) is 5.64. The van der Waals surface area contributed by atoms with Gasteiger partial charge in [0, 0.05) is 16.5 Å². The average Bonchev–Trinajstić information content (AvgIpc) is 2.56. The summed E-state index contributed by atoms with van der Waals surface area (Å²) in [6, 6.07) is 18.5. The van der Waals surface area contributed by atoms with Crippen LogP contribution < -0.4 is 11.3 Å². The molecule has 0 aliphatic rings. The molecule has 106 valence electrons. The maximum absolute atomic E-state index is 5.87. The molecule has 0 spiro atoms. The molecule has 3 nitrogen and oxygen atoms in total. The van der Waals surface area contributed by atoms with E-state index in [1.54, 1.807) is 11.8 Å². The maximum atomic E-state index is 5.87. The fourth-order valence-corrected chi connectivity index (χ4v) is 3.27. The number of rotatable bonds is 4. The van der Waals surface area contributed by atoms with Gasteiger partial charge in [0.2, 0.25) is 0 Å². The first-order chi connectivity index (χ1) is 10.3. The van der Waals surface area contributed by atoms with E-state index in [0.29, 0.717) is 0 Å². The lowest BCUT2D eigenvalue weighted by Crippen LogP contribution is -2.29. The fraction of sp³-hybridized carbons (Fsp3) is 0.118. The van der Waals surface area contributed by atoms with Gasteiger partial charge in [-0.05, 0) is 35.6 Å². The van der Waals surface area contributed by atoms with Crippen LogP contribution in [0.5, 0.6) is 0 Å². The number of aromatic nitrogens is 1. The van der Waals surface area contributed by atoms with E-state index in [4.69, 9.17) is 5.84 Å². The molecule has 2 aromatic carbocycles. The van der Waals surface area contributed by atoms with E-state index in [0.717, 1.165) is 16.5 Å². The second-order valence-corrected chi connectivity index (χ2v) is 5.61. The Balaban J connectivity index is 2.19. The van der Waals surface area contributed by atoms with Gasteiger partial charge in [-0.3, -0.25) is 10.8 Å². The Hall–Kier alpha value is -1.88. The topological polar surface area (TPSA) is 50.9 Å². The summed E-state index contributed by atoms with van der Waals surface area (Å²) >= 11 is 1.73. The van der Waals surface area contributed by atoms with Gasteiger partial charge in [-0.1, -0.05) is 36.4 Å². The average molecular weight is 295 g/mol. The zero-order valence-electron chi connectivity index (χ0n) is 11.8. The number of nitrogens with zero attached hydrogens (tertiary/aromatic N) is 1. The standard InChI is InChI=1S/C17H17N3S/c1-21-16-10-3-2-6-14(16)17(20-18)13-7-4-9-15-12(13)8-5-11-19-15/h2-11,17,20H,18H2,1H3. The summed E-state index contributed by atoms with van der Waals surface area (Å²) < 4.78 is 0. The molecule has 3 aromatic rings. The van der Waals surface area contributed by atoms with E-state index in [1.807, 2.05) is 36.5 Å². The lowest BCUT2D eigenvalue weighted by atomic mass is 9.95. The number of hydrogen-bond donors (Lipinski definition) is 2. The molecule has 4 heteroatoms. The van der Waals surface area contributed by atoms with Crippen molar-refractivity contribution in [3.63, 3.8) is 0 Å². The second kappa shape index (κ2) is 6.26. The summed E-state index contributed by atoms with van der Waals surface area (Å²) in [6.07, 6.45) is 3.89. The predicted molar refractivity (Wildman–Crippen MR) is 89.1 cm³/mol. The van der Waals surface area contributed by atoms with Crippen molar-refractivity contribution in [2.45, 2.75) is 10.9 Å². The van der Waals surface area contributed by atoms with Crippen molar-refractivity contribution in [2.75, 3.05) is 6.26 Å². The van der Waals surface area contributed by atoms with E-state index in [1.165, 1.54) is 10.5 Å². The van der Waals surface area contributed by atoms with Crippen molar-refractivity contribution in [3.8, 4) is 0 Å². The first-order valence-electron chi connectivity index (χ1n) is 6.78. The second-order valence-electron chi connectivity index (χ2n) is 4.76. The van der Waals surface area contributed by atoms with Gasteiger partial charge in [0.25, 0.3) is 0 Å². The molecule has 0 radical (unpaired) electrons. The molecule has 0 saturated carbocycles. The number of thioether (sulfide) groups is 1. The minimum absolute atomic E-state index is 0.0541. The number of nitrogens with two attached hydrogens (primary N) is 1. The summed E-state index contributed by atoms with van der Waals surface area (Å²) in [5.74, 6) is 5.87. The van der Waals surface area contributed by atoms with Crippen LogP contribution in [-0.2, 0) is 0 Å². The summed E-state index contributed by atoms with van der Waals surface area (Å²) in [7, 11) is 0. The van der Waals surface area contributed by atoms with Crippen LogP contribution >= 0.6 is 11.8 Å². The zero-order valence-corrected chi connectivity index (χ0v) is 12.6. The van der Waals surface area contributed by atoms with Gasteiger partial charge in [0.1, 0.15) is 0 Å². The lowest BCUT2D eigenvalue weighted by molar-refractivity contribution is 0.632. The van der Waals surface area contributed by atoms with Gasteiger partial charge in [-0.25, -0.2) is 5.43 Å². The van der Waals surface area contributed by atoms with Crippen molar-refractivity contribution >= 4 is 22.7 Å².